The molecule has 2 nitrogen and oxygen atoms in total. The number of hydrogen-bond donors (Lipinski definition) is 0. The van der Waals surface area contributed by atoms with Crippen LogP contribution in [0.2, 0.25) is 0 Å². The van der Waals surface area contributed by atoms with Crippen LogP contribution in [0, 0.1) is 22.7 Å². The molecule has 1 aromatic carbocycles. The van der Waals surface area contributed by atoms with Crippen molar-refractivity contribution in [2.75, 3.05) is 5.33 Å². The van der Waals surface area contributed by atoms with Gasteiger partial charge in [0, 0.05) is 5.33 Å². The average molecular weight is 277 g/mol. The van der Waals surface area contributed by atoms with Gasteiger partial charge in [0.15, 0.2) is 5.41 Å². The fraction of sp³-hybridized carbons (Fsp3) is 0.385. The van der Waals surface area contributed by atoms with Gasteiger partial charge in [-0.1, -0.05) is 46.3 Å². The zero-order valence-electron chi connectivity index (χ0n) is 8.99. The first-order chi connectivity index (χ1) is 7.79. The van der Waals surface area contributed by atoms with Crippen molar-refractivity contribution < 1.29 is 0 Å². The van der Waals surface area contributed by atoms with Crippen LogP contribution in [0.5, 0.6) is 0 Å². The minimum Gasteiger partial charge on any atom is -0.196 e. The van der Waals surface area contributed by atoms with Gasteiger partial charge in [-0.3, -0.25) is 0 Å². The largest absolute Gasteiger partial charge is 0.196 e. The standard InChI is InChI=1S/C13H13BrN2/c14-9-5-4-8-13(10-15,11-16)12-6-2-1-3-7-12/h1-3,6-7H,4-5,8-9H2. The molecule has 0 aliphatic heterocycles. The zero-order valence-corrected chi connectivity index (χ0v) is 10.6. The topological polar surface area (TPSA) is 47.6 Å². The monoisotopic (exact) mass is 276 g/mol. The van der Waals surface area contributed by atoms with E-state index in [1.165, 1.54) is 0 Å². The lowest BCUT2D eigenvalue weighted by molar-refractivity contribution is 0.585. The second kappa shape index (κ2) is 6.30. The summed E-state index contributed by atoms with van der Waals surface area (Å²) in [6, 6.07) is 13.6. The molecule has 0 N–H and O–H groups in total. The van der Waals surface area contributed by atoms with Crippen LogP contribution in [0.25, 0.3) is 0 Å². The summed E-state index contributed by atoms with van der Waals surface area (Å²) in [6.07, 6.45) is 2.45. The molecule has 0 unspecified atom stereocenters. The van der Waals surface area contributed by atoms with Crippen LogP contribution in [0.4, 0.5) is 0 Å². The van der Waals surface area contributed by atoms with Crippen LogP contribution in [0.1, 0.15) is 24.8 Å². The molecule has 3 heteroatoms. The van der Waals surface area contributed by atoms with Crippen molar-refractivity contribution in [3.05, 3.63) is 35.9 Å². The van der Waals surface area contributed by atoms with Crippen molar-refractivity contribution in [2.45, 2.75) is 24.7 Å². The fourth-order valence-electron chi connectivity index (χ4n) is 1.62. The van der Waals surface area contributed by atoms with Crippen molar-refractivity contribution in [2.24, 2.45) is 0 Å². The molecule has 0 aliphatic rings. The molecule has 0 spiro atoms. The highest BCUT2D eigenvalue weighted by molar-refractivity contribution is 9.09. The lowest BCUT2D eigenvalue weighted by atomic mass is 9.79. The predicted octanol–water partition coefficient (Wildman–Crippen LogP) is 3.54. The third-order valence-corrected chi connectivity index (χ3v) is 3.14. The third-order valence-electron chi connectivity index (χ3n) is 2.58. The van der Waals surface area contributed by atoms with Gasteiger partial charge in [0.2, 0.25) is 0 Å². The van der Waals surface area contributed by atoms with E-state index in [-0.39, 0.29) is 0 Å². The molecule has 0 aromatic heterocycles. The van der Waals surface area contributed by atoms with E-state index in [1.54, 1.807) is 0 Å². The van der Waals surface area contributed by atoms with Crippen LogP contribution >= 0.6 is 15.9 Å². The SMILES string of the molecule is N#CC(C#N)(CCCCBr)c1ccccc1. The van der Waals surface area contributed by atoms with Gasteiger partial charge < -0.3 is 0 Å². The molecule has 0 saturated carbocycles. The summed E-state index contributed by atoms with van der Waals surface area (Å²) in [5.74, 6) is 0. The molecule has 0 amide bonds. The molecule has 16 heavy (non-hydrogen) atoms. The molecule has 0 atom stereocenters. The Balaban J connectivity index is 2.91. The second-order valence-electron chi connectivity index (χ2n) is 3.64. The van der Waals surface area contributed by atoms with Gasteiger partial charge >= 0.3 is 0 Å². The molecule has 82 valence electrons. The molecule has 0 aliphatic carbocycles. The van der Waals surface area contributed by atoms with E-state index in [1.807, 2.05) is 30.3 Å². The maximum Gasteiger partial charge on any atom is 0.168 e. The Morgan fingerprint density at radius 2 is 1.69 bits per heavy atom. The molecule has 0 heterocycles. The second-order valence-corrected chi connectivity index (χ2v) is 4.43. The Kier molecular flexibility index (Phi) is 5.02. The first-order valence-electron chi connectivity index (χ1n) is 5.23. The van der Waals surface area contributed by atoms with Gasteiger partial charge in [-0.2, -0.15) is 10.5 Å². The Bertz CT molecular complexity index is 386. The highest BCUT2D eigenvalue weighted by Crippen LogP contribution is 2.28. The van der Waals surface area contributed by atoms with Crippen molar-refractivity contribution >= 4 is 15.9 Å². The third kappa shape index (κ3) is 2.84. The Morgan fingerprint density at radius 3 is 2.19 bits per heavy atom. The first-order valence-corrected chi connectivity index (χ1v) is 6.35. The van der Waals surface area contributed by atoms with E-state index in [2.05, 4.69) is 28.1 Å². The summed E-state index contributed by atoms with van der Waals surface area (Å²) >= 11 is 3.35. The highest BCUT2D eigenvalue weighted by Gasteiger charge is 2.31. The number of halogens is 1. The molecular formula is C13H13BrN2. The van der Waals surface area contributed by atoms with E-state index in [4.69, 9.17) is 0 Å². The Hall–Kier alpha value is -1.32. The van der Waals surface area contributed by atoms with Gasteiger partial charge in [-0.15, -0.1) is 0 Å². The predicted molar refractivity (Wildman–Crippen MR) is 67.0 cm³/mol. The summed E-state index contributed by atoms with van der Waals surface area (Å²) in [5.41, 5.74) is -0.182. The van der Waals surface area contributed by atoms with E-state index in [0.717, 1.165) is 23.7 Å². The Labute approximate surface area is 105 Å². The van der Waals surface area contributed by atoms with Gasteiger partial charge in [0.1, 0.15) is 0 Å². The molecule has 0 fully saturated rings. The number of unbranched alkanes of at least 4 members (excludes halogenated alkanes) is 1. The maximum atomic E-state index is 9.25. The van der Waals surface area contributed by atoms with Crippen molar-refractivity contribution in [1.29, 1.82) is 10.5 Å². The minimum atomic E-state index is -0.983. The number of alkyl halides is 1. The van der Waals surface area contributed by atoms with Gasteiger partial charge in [-0.25, -0.2) is 0 Å². The number of nitrogens with zero attached hydrogens (tertiary/aromatic N) is 2. The average Bonchev–Trinajstić information content (AvgIpc) is 2.36. The highest BCUT2D eigenvalue weighted by atomic mass is 79.9. The van der Waals surface area contributed by atoms with Gasteiger partial charge in [0.25, 0.3) is 0 Å². The van der Waals surface area contributed by atoms with Crippen molar-refractivity contribution in [3.63, 3.8) is 0 Å². The van der Waals surface area contributed by atoms with Gasteiger partial charge in [0.05, 0.1) is 12.1 Å². The molecule has 0 saturated heterocycles. The molecule has 0 radical (unpaired) electrons. The molecule has 1 aromatic rings. The van der Waals surface area contributed by atoms with E-state index < -0.39 is 5.41 Å². The van der Waals surface area contributed by atoms with Crippen molar-refractivity contribution in [1.82, 2.24) is 0 Å². The van der Waals surface area contributed by atoms with Crippen LogP contribution < -0.4 is 0 Å². The normalized spacial score (nSPS) is 10.4. The smallest absolute Gasteiger partial charge is 0.168 e. The summed E-state index contributed by atoms with van der Waals surface area (Å²) in [5, 5.41) is 19.4. The lowest BCUT2D eigenvalue weighted by Gasteiger charge is -2.18. The van der Waals surface area contributed by atoms with E-state index in [0.29, 0.717) is 6.42 Å². The van der Waals surface area contributed by atoms with Crippen LogP contribution in [-0.2, 0) is 5.41 Å². The zero-order chi connectivity index (χ0) is 11.9. The van der Waals surface area contributed by atoms with Crippen molar-refractivity contribution in [3.8, 4) is 12.1 Å². The van der Waals surface area contributed by atoms with Crippen LogP contribution in [0.3, 0.4) is 0 Å². The molecular weight excluding hydrogens is 264 g/mol. The van der Waals surface area contributed by atoms with Gasteiger partial charge in [-0.05, 0) is 24.8 Å². The quantitative estimate of drug-likeness (QED) is 0.610. The molecule has 0 bridgehead atoms. The van der Waals surface area contributed by atoms with E-state index in [9.17, 15) is 10.5 Å². The van der Waals surface area contributed by atoms with E-state index >= 15 is 0 Å². The van der Waals surface area contributed by atoms with Crippen LogP contribution in [0.15, 0.2) is 30.3 Å². The number of benzene rings is 1. The minimum absolute atomic E-state index is 0.593. The summed E-state index contributed by atoms with van der Waals surface area (Å²) in [7, 11) is 0. The summed E-state index contributed by atoms with van der Waals surface area (Å²) in [4.78, 5) is 0. The number of rotatable bonds is 5. The lowest BCUT2D eigenvalue weighted by Crippen LogP contribution is -2.21. The molecule has 1 rings (SSSR count). The number of hydrogen-bond acceptors (Lipinski definition) is 2. The maximum absolute atomic E-state index is 9.25. The number of nitriles is 2. The first kappa shape index (κ1) is 12.7. The fourth-order valence-corrected chi connectivity index (χ4v) is 2.01. The van der Waals surface area contributed by atoms with Crippen LogP contribution in [-0.4, -0.2) is 5.33 Å². The Morgan fingerprint density at radius 1 is 1.06 bits per heavy atom. The summed E-state index contributed by atoms with van der Waals surface area (Å²) in [6.45, 7) is 0. The summed E-state index contributed by atoms with van der Waals surface area (Å²) < 4.78 is 0.